The Morgan fingerprint density at radius 3 is 1.27 bits per heavy atom. The molecular weight excluding hydrogens is 806 g/mol. The second-order valence-electron chi connectivity index (χ2n) is 17.3. The fourth-order valence-corrected chi connectivity index (χ4v) is 7.99. The van der Waals surface area contributed by atoms with Crippen LogP contribution < -0.4 is 5.73 Å². The number of unbranched alkanes of at least 4 members (excludes halogenated alkanes) is 30. The molecule has 0 aliphatic heterocycles. The maximum Gasteiger partial charge on any atom is 0.472 e. The van der Waals surface area contributed by atoms with E-state index in [1.54, 1.807) is 0 Å². The number of rotatable bonds is 48. The highest BCUT2D eigenvalue weighted by Crippen LogP contribution is 2.43. The van der Waals surface area contributed by atoms with Crippen LogP contribution in [0.25, 0.3) is 0 Å². The van der Waals surface area contributed by atoms with Crippen LogP contribution in [0.4, 0.5) is 0 Å². The highest BCUT2D eigenvalue weighted by atomic mass is 31.2. The minimum absolute atomic E-state index is 0.155. The molecule has 0 aromatic carbocycles. The zero-order valence-electron chi connectivity index (χ0n) is 39.7. The molecule has 0 rings (SSSR count). The number of hydrogen-bond acceptors (Lipinski definition) is 9. The molecule has 0 aliphatic carbocycles. The number of carbonyl (C=O) groups excluding carboxylic acids is 2. The van der Waals surface area contributed by atoms with Crippen LogP contribution in [0.3, 0.4) is 0 Å². The number of carboxylic acids is 1. The van der Waals surface area contributed by atoms with E-state index in [0.717, 1.165) is 57.8 Å². The van der Waals surface area contributed by atoms with Crippen LogP contribution in [0.2, 0.25) is 0 Å². The molecule has 364 valence electrons. The number of phosphoric acid groups is 1. The highest BCUT2D eigenvalue weighted by Gasteiger charge is 2.28. The molecule has 62 heavy (non-hydrogen) atoms. The molecule has 12 heteroatoms. The van der Waals surface area contributed by atoms with Crippen molar-refractivity contribution in [3.8, 4) is 0 Å². The maximum atomic E-state index is 12.7. The van der Waals surface area contributed by atoms with Gasteiger partial charge in [-0.2, -0.15) is 0 Å². The molecule has 0 aromatic rings. The summed E-state index contributed by atoms with van der Waals surface area (Å²) < 4.78 is 32.8. The lowest BCUT2D eigenvalue weighted by molar-refractivity contribution is -0.161. The largest absolute Gasteiger partial charge is 0.480 e. The molecule has 0 aromatic heterocycles. The molecule has 0 heterocycles. The van der Waals surface area contributed by atoms with Gasteiger partial charge in [-0.1, -0.05) is 212 Å². The van der Waals surface area contributed by atoms with Crippen LogP contribution >= 0.6 is 7.82 Å². The van der Waals surface area contributed by atoms with E-state index in [0.29, 0.717) is 12.8 Å². The van der Waals surface area contributed by atoms with E-state index in [-0.39, 0.29) is 19.4 Å². The van der Waals surface area contributed by atoms with Gasteiger partial charge < -0.3 is 25.2 Å². The fraction of sp³-hybridized carbons (Fsp3) is 0.860. The Labute approximate surface area is 379 Å². The van der Waals surface area contributed by atoms with Gasteiger partial charge in [-0.05, 0) is 44.9 Å². The van der Waals surface area contributed by atoms with E-state index in [1.165, 1.54) is 148 Å². The number of hydrogen-bond donors (Lipinski definition) is 3. The van der Waals surface area contributed by atoms with Crippen LogP contribution in [0.15, 0.2) is 24.3 Å². The number of carbonyl (C=O) groups is 3. The molecule has 0 aliphatic rings. The van der Waals surface area contributed by atoms with Gasteiger partial charge >= 0.3 is 25.7 Å². The Balaban J connectivity index is 4.24. The molecule has 3 unspecified atom stereocenters. The van der Waals surface area contributed by atoms with Gasteiger partial charge in [0.15, 0.2) is 6.10 Å². The summed E-state index contributed by atoms with van der Waals surface area (Å²) in [5.41, 5.74) is 5.35. The van der Waals surface area contributed by atoms with Gasteiger partial charge in [0.1, 0.15) is 12.6 Å². The summed E-state index contributed by atoms with van der Waals surface area (Å²) in [6, 6.07) is -1.52. The predicted molar refractivity (Wildman–Crippen MR) is 254 cm³/mol. The van der Waals surface area contributed by atoms with E-state index in [4.69, 9.17) is 24.8 Å². The number of carboxylic acid groups (broad SMARTS) is 1. The second-order valence-corrected chi connectivity index (χ2v) is 18.8. The third-order valence-electron chi connectivity index (χ3n) is 11.2. The summed E-state index contributed by atoms with van der Waals surface area (Å²) in [5, 5.41) is 8.92. The van der Waals surface area contributed by atoms with Crippen LogP contribution in [0, 0.1) is 0 Å². The zero-order valence-corrected chi connectivity index (χ0v) is 40.6. The Bertz CT molecular complexity index is 1150. The topological polar surface area (TPSA) is 172 Å². The Kier molecular flexibility index (Phi) is 44.0. The lowest BCUT2D eigenvalue weighted by atomic mass is 10.0. The molecule has 0 spiro atoms. The summed E-state index contributed by atoms with van der Waals surface area (Å²) in [5.74, 6) is -2.37. The van der Waals surface area contributed by atoms with Crippen LogP contribution in [-0.2, 0) is 37.5 Å². The molecule has 0 radical (unpaired) electrons. The molecule has 0 fully saturated rings. The van der Waals surface area contributed by atoms with Gasteiger partial charge in [0.25, 0.3) is 0 Å². The molecular formula is C50H94NO10P. The van der Waals surface area contributed by atoms with Gasteiger partial charge in [-0.15, -0.1) is 0 Å². The highest BCUT2D eigenvalue weighted by molar-refractivity contribution is 7.47. The lowest BCUT2D eigenvalue weighted by Gasteiger charge is -2.20. The Hall–Kier alpha value is -2.04. The van der Waals surface area contributed by atoms with Crippen molar-refractivity contribution < 1.29 is 47.5 Å². The first-order valence-corrected chi connectivity index (χ1v) is 26.9. The van der Waals surface area contributed by atoms with E-state index in [9.17, 15) is 23.8 Å². The third kappa shape index (κ3) is 44.6. The molecule has 4 N–H and O–H groups in total. The molecule has 0 saturated heterocycles. The van der Waals surface area contributed by atoms with Crippen molar-refractivity contribution in [1.29, 1.82) is 0 Å². The van der Waals surface area contributed by atoms with Crippen molar-refractivity contribution in [2.24, 2.45) is 5.73 Å². The van der Waals surface area contributed by atoms with Crippen molar-refractivity contribution in [1.82, 2.24) is 0 Å². The molecule has 11 nitrogen and oxygen atoms in total. The van der Waals surface area contributed by atoms with Gasteiger partial charge in [-0.3, -0.25) is 23.4 Å². The number of aliphatic carboxylic acids is 1. The van der Waals surface area contributed by atoms with Crippen molar-refractivity contribution in [3.63, 3.8) is 0 Å². The van der Waals surface area contributed by atoms with E-state index >= 15 is 0 Å². The van der Waals surface area contributed by atoms with Crippen LogP contribution in [-0.4, -0.2) is 59.9 Å². The first-order valence-electron chi connectivity index (χ1n) is 25.4. The number of nitrogens with two attached hydrogens (primary N) is 1. The lowest BCUT2D eigenvalue weighted by Crippen LogP contribution is -2.34. The number of esters is 2. The van der Waals surface area contributed by atoms with Crippen LogP contribution in [0.5, 0.6) is 0 Å². The van der Waals surface area contributed by atoms with E-state index in [1.807, 2.05) is 0 Å². The number of phosphoric ester groups is 1. The molecule has 3 atom stereocenters. The molecule has 0 amide bonds. The summed E-state index contributed by atoms with van der Waals surface area (Å²) in [7, 11) is -4.72. The number of ether oxygens (including phenoxy) is 2. The van der Waals surface area contributed by atoms with Gasteiger partial charge in [0.05, 0.1) is 13.2 Å². The fourth-order valence-electron chi connectivity index (χ4n) is 7.22. The van der Waals surface area contributed by atoms with Gasteiger partial charge in [0.2, 0.25) is 0 Å². The predicted octanol–water partition coefficient (Wildman–Crippen LogP) is 14.2. The van der Waals surface area contributed by atoms with Crippen molar-refractivity contribution in [2.45, 2.75) is 257 Å². The minimum atomic E-state index is -4.72. The SMILES string of the molecule is CCCCCC/C=C\C/C=C\CCCCCCCCCC(=O)OC(COC(=O)CCCCCCCCCCCCCCCCCCCCCC)COP(=O)(O)OCC(N)C(=O)O. The zero-order chi connectivity index (χ0) is 45.6. The molecule has 0 saturated carbocycles. The monoisotopic (exact) mass is 900 g/mol. The van der Waals surface area contributed by atoms with Gasteiger partial charge in [-0.25, -0.2) is 4.57 Å². The normalized spacial score (nSPS) is 13.7. The average molecular weight is 900 g/mol. The van der Waals surface area contributed by atoms with E-state index < -0.39 is 51.1 Å². The summed E-state index contributed by atoms with van der Waals surface area (Å²) >= 11 is 0. The minimum Gasteiger partial charge on any atom is -0.480 e. The Morgan fingerprint density at radius 2 is 0.855 bits per heavy atom. The summed E-state index contributed by atoms with van der Waals surface area (Å²) in [4.78, 5) is 46.2. The Morgan fingerprint density at radius 1 is 0.500 bits per heavy atom. The van der Waals surface area contributed by atoms with Crippen molar-refractivity contribution in [2.75, 3.05) is 19.8 Å². The van der Waals surface area contributed by atoms with Gasteiger partial charge in [0, 0.05) is 12.8 Å². The van der Waals surface area contributed by atoms with E-state index in [2.05, 4.69) is 42.7 Å². The summed E-state index contributed by atoms with van der Waals surface area (Å²) in [6.45, 7) is 2.82. The quantitative estimate of drug-likeness (QED) is 0.0230. The smallest absolute Gasteiger partial charge is 0.472 e. The summed E-state index contributed by atoms with van der Waals surface area (Å²) in [6.07, 6.45) is 49.5. The molecule has 0 bridgehead atoms. The second kappa shape index (κ2) is 45.5. The first-order chi connectivity index (χ1) is 30.1. The first kappa shape index (κ1) is 60.0. The third-order valence-corrected chi connectivity index (χ3v) is 12.2. The van der Waals surface area contributed by atoms with Crippen molar-refractivity contribution >= 4 is 25.7 Å². The standard InChI is InChI=1S/C50H94NO10P/c1-3-5-7-9-11-13-15-17-19-21-23-24-26-27-29-31-33-35-37-39-41-48(52)58-43-46(44-59-62(56,57)60-45-47(51)50(54)55)61-49(53)42-40-38-36-34-32-30-28-25-22-20-18-16-14-12-10-8-6-4-2/h14,16,20,22,46-47H,3-13,15,17-19,21,23-45,51H2,1-2H3,(H,54,55)(H,56,57)/b16-14-,22-20-. The van der Waals surface area contributed by atoms with Crippen LogP contribution in [0.1, 0.15) is 245 Å². The number of allylic oxidation sites excluding steroid dienone is 4. The maximum absolute atomic E-state index is 12.7. The average Bonchev–Trinajstić information content (AvgIpc) is 3.25. The van der Waals surface area contributed by atoms with Crippen molar-refractivity contribution in [3.05, 3.63) is 24.3 Å².